The largest absolute Gasteiger partial charge is 0.461 e. The van der Waals surface area contributed by atoms with Gasteiger partial charge in [0.1, 0.15) is 0 Å². The second-order valence-electron chi connectivity index (χ2n) is 3.81. The molecular formula is C12H11N5O2. The Hall–Kier alpha value is -2.67. The molecular weight excluding hydrogens is 246 g/mol. The predicted molar refractivity (Wildman–Crippen MR) is 69.0 cm³/mol. The van der Waals surface area contributed by atoms with Crippen molar-refractivity contribution in [3.05, 3.63) is 36.2 Å². The first-order chi connectivity index (χ1) is 9.28. The third-order valence-corrected chi connectivity index (χ3v) is 2.51. The van der Waals surface area contributed by atoms with E-state index in [1.54, 1.807) is 36.6 Å². The Kier molecular flexibility index (Phi) is 2.73. The first-order valence-electron chi connectivity index (χ1n) is 5.62. The van der Waals surface area contributed by atoms with Crippen molar-refractivity contribution >= 4 is 17.7 Å². The van der Waals surface area contributed by atoms with Crippen LogP contribution in [-0.4, -0.2) is 31.3 Å². The van der Waals surface area contributed by atoms with E-state index in [9.17, 15) is 0 Å². The Morgan fingerprint density at radius 3 is 3.05 bits per heavy atom. The van der Waals surface area contributed by atoms with Gasteiger partial charge >= 0.3 is 0 Å². The van der Waals surface area contributed by atoms with E-state index < -0.39 is 0 Å². The van der Waals surface area contributed by atoms with Crippen LogP contribution in [0, 0.1) is 0 Å². The fourth-order valence-electron chi connectivity index (χ4n) is 1.70. The summed E-state index contributed by atoms with van der Waals surface area (Å²) in [6.45, 7) is -0.0584. The van der Waals surface area contributed by atoms with Crippen molar-refractivity contribution in [2.24, 2.45) is 0 Å². The van der Waals surface area contributed by atoms with E-state index in [-0.39, 0.29) is 12.6 Å². The van der Waals surface area contributed by atoms with Crippen LogP contribution in [-0.2, 0) is 0 Å². The van der Waals surface area contributed by atoms with E-state index in [0.717, 1.165) is 0 Å². The molecule has 7 heteroatoms. The monoisotopic (exact) mass is 257 g/mol. The van der Waals surface area contributed by atoms with Gasteiger partial charge in [0, 0.05) is 6.07 Å². The van der Waals surface area contributed by atoms with Gasteiger partial charge in [0.15, 0.2) is 11.4 Å². The molecule has 3 rings (SSSR count). The molecule has 3 aromatic rings. The molecule has 0 amide bonds. The minimum Gasteiger partial charge on any atom is -0.461 e. The van der Waals surface area contributed by atoms with Crippen LogP contribution in [0.4, 0.5) is 5.95 Å². The topological polar surface area (TPSA) is 102 Å². The maximum atomic E-state index is 8.75. The average molecular weight is 257 g/mol. The second kappa shape index (κ2) is 4.54. The van der Waals surface area contributed by atoms with E-state index >= 15 is 0 Å². The van der Waals surface area contributed by atoms with Gasteiger partial charge in [-0.3, -0.25) is 0 Å². The predicted octanol–water partition coefficient (Wildman–Crippen LogP) is 0.972. The van der Waals surface area contributed by atoms with Gasteiger partial charge in [0.2, 0.25) is 11.8 Å². The number of aliphatic hydroxyl groups is 1. The number of nitrogens with two attached hydrogens (primary N) is 1. The lowest BCUT2D eigenvalue weighted by molar-refractivity contribution is 0.343. The molecule has 0 aromatic carbocycles. The van der Waals surface area contributed by atoms with Gasteiger partial charge in [-0.2, -0.15) is 4.52 Å². The van der Waals surface area contributed by atoms with E-state index in [1.807, 2.05) is 0 Å². The van der Waals surface area contributed by atoms with Crippen LogP contribution in [0.5, 0.6) is 0 Å². The molecule has 0 saturated heterocycles. The molecule has 0 fully saturated rings. The van der Waals surface area contributed by atoms with Gasteiger partial charge in [-0.15, -0.1) is 5.10 Å². The number of hydrogen-bond acceptors (Lipinski definition) is 6. The van der Waals surface area contributed by atoms with Gasteiger partial charge in [0.25, 0.3) is 0 Å². The van der Waals surface area contributed by atoms with Crippen molar-refractivity contribution in [2.75, 3.05) is 12.3 Å². The smallest absolute Gasteiger partial charge is 0.223 e. The SMILES string of the molecule is Nc1nc(C=CCO)cc2nc(-c3ccco3)nn12. The highest BCUT2D eigenvalue weighted by Gasteiger charge is 2.11. The lowest BCUT2D eigenvalue weighted by atomic mass is 10.3. The van der Waals surface area contributed by atoms with Crippen LogP contribution in [0.2, 0.25) is 0 Å². The quantitative estimate of drug-likeness (QED) is 0.724. The third kappa shape index (κ3) is 2.06. The van der Waals surface area contributed by atoms with Crippen LogP contribution in [0.1, 0.15) is 5.69 Å². The number of aromatic nitrogens is 4. The third-order valence-electron chi connectivity index (χ3n) is 2.51. The molecule has 3 aromatic heterocycles. The molecule has 0 aliphatic heterocycles. The number of anilines is 1. The molecule has 0 spiro atoms. The minimum atomic E-state index is -0.0584. The Morgan fingerprint density at radius 2 is 2.32 bits per heavy atom. The van der Waals surface area contributed by atoms with Crippen molar-refractivity contribution in [1.82, 2.24) is 19.6 Å². The Morgan fingerprint density at radius 1 is 1.42 bits per heavy atom. The van der Waals surface area contributed by atoms with Crippen LogP contribution in [0.25, 0.3) is 23.3 Å². The summed E-state index contributed by atoms with van der Waals surface area (Å²) in [7, 11) is 0. The first-order valence-corrected chi connectivity index (χ1v) is 5.62. The van der Waals surface area contributed by atoms with Gasteiger partial charge in [-0.1, -0.05) is 6.08 Å². The second-order valence-corrected chi connectivity index (χ2v) is 3.81. The zero-order valence-corrected chi connectivity index (χ0v) is 9.89. The Labute approximate surface area is 108 Å². The van der Waals surface area contributed by atoms with Gasteiger partial charge < -0.3 is 15.3 Å². The van der Waals surface area contributed by atoms with E-state index in [0.29, 0.717) is 22.9 Å². The average Bonchev–Trinajstić information content (AvgIpc) is 3.04. The lowest BCUT2D eigenvalue weighted by Gasteiger charge is -1.98. The number of nitrogens with zero attached hydrogens (tertiary/aromatic N) is 4. The molecule has 3 N–H and O–H groups in total. The summed E-state index contributed by atoms with van der Waals surface area (Å²) in [5.74, 6) is 1.23. The van der Waals surface area contributed by atoms with Crippen LogP contribution in [0.15, 0.2) is 35.0 Å². The van der Waals surface area contributed by atoms with Crippen molar-refractivity contribution in [3.63, 3.8) is 0 Å². The first kappa shape index (κ1) is 11.4. The minimum absolute atomic E-state index is 0.0584. The van der Waals surface area contributed by atoms with Crippen molar-refractivity contribution in [3.8, 4) is 11.6 Å². The standard InChI is InChI=1S/C12H11N5O2/c13-12-14-8(3-1-5-18)7-10-15-11(16-17(10)12)9-4-2-6-19-9/h1-4,6-7,18H,5H2,(H2,13,14). The number of fused-ring (bicyclic) bond motifs is 1. The Balaban J connectivity index is 2.12. The zero-order valence-electron chi connectivity index (χ0n) is 9.89. The summed E-state index contributed by atoms with van der Waals surface area (Å²) >= 11 is 0. The number of furan rings is 1. The fourth-order valence-corrected chi connectivity index (χ4v) is 1.70. The summed E-state index contributed by atoms with van der Waals surface area (Å²) < 4.78 is 6.68. The van der Waals surface area contributed by atoms with E-state index in [4.69, 9.17) is 15.3 Å². The molecule has 0 aliphatic carbocycles. The van der Waals surface area contributed by atoms with E-state index in [2.05, 4.69) is 15.1 Å². The molecule has 0 radical (unpaired) electrons. The molecule has 0 unspecified atom stereocenters. The number of nitrogen functional groups attached to an aromatic ring is 1. The molecule has 96 valence electrons. The molecule has 0 saturated carbocycles. The lowest BCUT2D eigenvalue weighted by Crippen LogP contribution is -2.03. The fraction of sp³-hybridized carbons (Fsp3) is 0.0833. The maximum absolute atomic E-state index is 8.75. The van der Waals surface area contributed by atoms with Crippen molar-refractivity contribution < 1.29 is 9.52 Å². The summed E-state index contributed by atoms with van der Waals surface area (Å²) in [4.78, 5) is 8.47. The molecule has 7 nitrogen and oxygen atoms in total. The van der Waals surface area contributed by atoms with Crippen LogP contribution < -0.4 is 5.73 Å². The van der Waals surface area contributed by atoms with Crippen molar-refractivity contribution in [1.29, 1.82) is 0 Å². The highest BCUT2D eigenvalue weighted by atomic mass is 16.3. The number of aliphatic hydroxyl groups excluding tert-OH is 1. The molecule has 0 aliphatic rings. The number of rotatable bonds is 3. The highest BCUT2D eigenvalue weighted by Crippen LogP contribution is 2.18. The molecule has 0 bridgehead atoms. The Bertz CT molecular complexity index is 730. The molecule has 19 heavy (non-hydrogen) atoms. The summed E-state index contributed by atoms with van der Waals surface area (Å²) in [5.41, 5.74) is 6.99. The molecule has 0 atom stereocenters. The molecule has 3 heterocycles. The number of hydrogen-bond donors (Lipinski definition) is 2. The summed E-state index contributed by atoms with van der Waals surface area (Å²) in [6.07, 6.45) is 4.79. The van der Waals surface area contributed by atoms with Crippen LogP contribution in [0.3, 0.4) is 0 Å². The summed E-state index contributed by atoms with van der Waals surface area (Å²) in [6, 6.07) is 5.25. The van der Waals surface area contributed by atoms with Gasteiger partial charge in [-0.05, 0) is 18.2 Å². The van der Waals surface area contributed by atoms with Crippen LogP contribution >= 0.6 is 0 Å². The normalized spacial score (nSPS) is 11.6. The summed E-state index contributed by atoms with van der Waals surface area (Å²) in [5, 5.41) is 13.0. The highest BCUT2D eigenvalue weighted by molar-refractivity contribution is 5.58. The van der Waals surface area contributed by atoms with Gasteiger partial charge in [0.05, 0.1) is 18.6 Å². The van der Waals surface area contributed by atoms with Gasteiger partial charge in [-0.25, -0.2) is 9.97 Å². The van der Waals surface area contributed by atoms with E-state index in [1.165, 1.54) is 4.52 Å². The maximum Gasteiger partial charge on any atom is 0.223 e. The zero-order chi connectivity index (χ0) is 13.2. The van der Waals surface area contributed by atoms with Crippen molar-refractivity contribution in [2.45, 2.75) is 0 Å².